The Bertz CT molecular complexity index is 1040. The minimum absolute atomic E-state index is 0.0665. The van der Waals surface area contributed by atoms with Crippen molar-refractivity contribution in [1.82, 2.24) is 9.88 Å². The number of rotatable bonds is 5. The van der Waals surface area contributed by atoms with Crippen LogP contribution in [0, 0.1) is 21.4 Å². The number of nitro benzene ring substituents is 1. The van der Waals surface area contributed by atoms with Gasteiger partial charge in [0, 0.05) is 43.9 Å². The van der Waals surface area contributed by atoms with E-state index in [1.807, 2.05) is 11.2 Å². The zero-order valence-electron chi connectivity index (χ0n) is 16.6. The minimum Gasteiger partial charge on any atom is -0.362 e. The highest BCUT2D eigenvalue weighted by Gasteiger charge is 2.31. The third kappa shape index (κ3) is 3.83. The molecule has 8 nitrogen and oxygen atoms in total. The molecule has 1 saturated carbocycles. The summed E-state index contributed by atoms with van der Waals surface area (Å²) in [5, 5.41) is 21.6. The van der Waals surface area contributed by atoms with E-state index >= 15 is 0 Å². The molecule has 9 heteroatoms. The molecule has 1 amide bonds. The number of para-hydroxylation sites is 2. The second kappa shape index (κ2) is 8.32. The predicted octanol–water partition coefficient (Wildman–Crippen LogP) is 3.42. The predicted molar refractivity (Wildman–Crippen MR) is 114 cm³/mol. The molecule has 2 aliphatic rings. The molecule has 0 N–H and O–H groups in total. The lowest BCUT2D eigenvalue weighted by Crippen LogP contribution is -2.49. The van der Waals surface area contributed by atoms with Crippen molar-refractivity contribution in [2.45, 2.75) is 23.8 Å². The van der Waals surface area contributed by atoms with Crippen molar-refractivity contribution in [2.24, 2.45) is 0 Å². The maximum Gasteiger partial charge on any atom is 0.292 e. The third-order valence-electron chi connectivity index (χ3n) is 5.52. The minimum atomic E-state index is -0.383. The molecule has 2 aromatic rings. The highest BCUT2D eigenvalue weighted by atomic mass is 32.2. The molecule has 30 heavy (non-hydrogen) atoms. The zero-order chi connectivity index (χ0) is 21.3. The normalized spacial score (nSPS) is 16.3. The van der Waals surface area contributed by atoms with E-state index in [0.29, 0.717) is 53.9 Å². The van der Waals surface area contributed by atoms with Gasteiger partial charge in [-0.3, -0.25) is 14.9 Å². The van der Waals surface area contributed by atoms with Gasteiger partial charge in [0.1, 0.15) is 16.8 Å². The molecule has 154 valence electrons. The number of anilines is 1. The summed E-state index contributed by atoms with van der Waals surface area (Å²) >= 11 is 1.38. The van der Waals surface area contributed by atoms with Gasteiger partial charge in [-0.25, -0.2) is 4.98 Å². The van der Waals surface area contributed by atoms with Gasteiger partial charge in [-0.1, -0.05) is 12.1 Å². The molecule has 0 radical (unpaired) electrons. The first-order valence-electron chi connectivity index (χ1n) is 9.80. The number of aromatic nitrogens is 1. The second-order valence-corrected chi connectivity index (χ2v) is 8.19. The van der Waals surface area contributed by atoms with Crippen LogP contribution >= 0.6 is 11.8 Å². The summed E-state index contributed by atoms with van der Waals surface area (Å²) in [6.07, 6.45) is 3.99. The van der Waals surface area contributed by atoms with Crippen LogP contribution in [0.15, 0.2) is 35.4 Å². The van der Waals surface area contributed by atoms with E-state index in [4.69, 9.17) is 0 Å². The summed E-state index contributed by atoms with van der Waals surface area (Å²) < 4.78 is 0. The smallest absolute Gasteiger partial charge is 0.292 e. The van der Waals surface area contributed by atoms with Gasteiger partial charge >= 0.3 is 0 Å². The lowest BCUT2D eigenvalue weighted by atomic mass is 10.1. The van der Waals surface area contributed by atoms with Crippen molar-refractivity contribution in [2.75, 3.05) is 37.3 Å². The summed E-state index contributed by atoms with van der Waals surface area (Å²) in [5.41, 5.74) is 2.27. The number of benzene rings is 1. The highest BCUT2D eigenvalue weighted by Crippen LogP contribution is 2.41. The first kappa shape index (κ1) is 20.2. The molecular formula is C21H21N5O3S. The SMILES string of the molecule is CSc1nc(C2CC2)cc(C(=O)N2CCN(c3ccccc3[N+](=O)[O-])CC2)c1C#N. The molecule has 0 unspecified atom stereocenters. The van der Waals surface area contributed by atoms with Crippen LogP contribution in [0.1, 0.15) is 40.4 Å². The monoisotopic (exact) mass is 423 g/mol. The fourth-order valence-electron chi connectivity index (χ4n) is 3.76. The van der Waals surface area contributed by atoms with Gasteiger partial charge in [0.05, 0.1) is 16.1 Å². The van der Waals surface area contributed by atoms with Crippen LogP contribution in [0.2, 0.25) is 0 Å². The Morgan fingerprint density at radius 3 is 2.57 bits per heavy atom. The van der Waals surface area contributed by atoms with Gasteiger partial charge in [0.15, 0.2) is 0 Å². The molecule has 2 heterocycles. The van der Waals surface area contributed by atoms with Crippen molar-refractivity contribution in [1.29, 1.82) is 5.26 Å². The maximum atomic E-state index is 13.3. The number of nitriles is 1. The average molecular weight is 423 g/mol. The number of hydrogen-bond acceptors (Lipinski definition) is 7. The molecule has 4 rings (SSSR count). The number of carbonyl (C=O) groups is 1. The number of carbonyl (C=O) groups excluding carboxylic acids is 1. The lowest BCUT2D eigenvalue weighted by molar-refractivity contribution is -0.384. The van der Waals surface area contributed by atoms with Gasteiger partial charge in [-0.05, 0) is 31.2 Å². The van der Waals surface area contributed by atoms with E-state index in [0.717, 1.165) is 18.5 Å². The largest absolute Gasteiger partial charge is 0.362 e. The summed E-state index contributed by atoms with van der Waals surface area (Å²) in [6.45, 7) is 1.86. The van der Waals surface area contributed by atoms with Gasteiger partial charge in [-0.2, -0.15) is 5.26 Å². The molecule has 0 bridgehead atoms. The first-order valence-corrected chi connectivity index (χ1v) is 11.0. The zero-order valence-corrected chi connectivity index (χ0v) is 17.4. The summed E-state index contributed by atoms with van der Waals surface area (Å²) in [6, 6.07) is 10.6. The standard InChI is InChI=1S/C21H21N5O3S/c1-30-20-16(13-22)15(12-17(23-20)14-6-7-14)21(27)25-10-8-24(9-11-25)18-4-2-3-5-19(18)26(28)29/h2-5,12,14H,6-11H2,1H3. The van der Waals surface area contributed by atoms with E-state index in [-0.39, 0.29) is 16.5 Å². The third-order valence-corrected chi connectivity index (χ3v) is 6.21. The number of nitrogens with zero attached hydrogens (tertiary/aromatic N) is 5. The molecule has 0 spiro atoms. The van der Waals surface area contributed by atoms with Crippen molar-refractivity contribution in [3.63, 3.8) is 0 Å². The number of nitro groups is 1. The average Bonchev–Trinajstić information content (AvgIpc) is 3.63. The van der Waals surface area contributed by atoms with E-state index in [1.54, 1.807) is 29.2 Å². The number of pyridine rings is 1. The van der Waals surface area contributed by atoms with Crippen molar-refractivity contribution in [3.8, 4) is 6.07 Å². The Morgan fingerprint density at radius 2 is 1.97 bits per heavy atom. The molecule has 1 aliphatic heterocycles. The van der Waals surface area contributed by atoms with Crippen LogP contribution in [0.25, 0.3) is 0 Å². The molecule has 0 atom stereocenters. The number of hydrogen-bond donors (Lipinski definition) is 0. The van der Waals surface area contributed by atoms with Gasteiger partial charge in [0.2, 0.25) is 0 Å². The van der Waals surface area contributed by atoms with Crippen LogP contribution in [-0.2, 0) is 0 Å². The molecule has 1 saturated heterocycles. The molecule has 1 aromatic heterocycles. The van der Waals surface area contributed by atoms with Crippen molar-refractivity contribution < 1.29 is 9.72 Å². The topological polar surface area (TPSA) is 103 Å². The van der Waals surface area contributed by atoms with Crippen molar-refractivity contribution >= 4 is 29.0 Å². The van der Waals surface area contributed by atoms with Crippen LogP contribution in [0.5, 0.6) is 0 Å². The van der Waals surface area contributed by atoms with E-state index in [9.17, 15) is 20.2 Å². The maximum absolute atomic E-state index is 13.3. The van der Waals surface area contributed by atoms with Crippen LogP contribution in [0.4, 0.5) is 11.4 Å². The molecule has 1 aliphatic carbocycles. The quantitative estimate of drug-likeness (QED) is 0.412. The highest BCUT2D eigenvalue weighted by molar-refractivity contribution is 7.98. The number of thioether (sulfide) groups is 1. The molecule has 2 fully saturated rings. The summed E-state index contributed by atoms with van der Waals surface area (Å²) in [7, 11) is 0. The molecular weight excluding hydrogens is 402 g/mol. The fraction of sp³-hybridized carbons (Fsp3) is 0.381. The Morgan fingerprint density at radius 1 is 1.27 bits per heavy atom. The summed E-state index contributed by atoms with van der Waals surface area (Å²) in [4.78, 5) is 32.5. The van der Waals surface area contributed by atoms with E-state index in [2.05, 4.69) is 11.1 Å². The van der Waals surface area contributed by atoms with Crippen LogP contribution in [-0.4, -0.2) is 53.1 Å². The Labute approximate surface area is 178 Å². The van der Waals surface area contributed by atoms with Gasteiger partial charge in [-0.15, -0.1) is 11.8 Å². The number of piperazine rings is 1. The van der Waals surface area contributed by atoms with Crippen molar-refractivity contribution in [3.05, 3.63) is 57.3 Å². The molecule has 1 aromatic carbocycles. The first-order chi connectivity index (χ1) is 14.5. The van der Waals surface area contributed by atoms with E-state index in [1.165, 1.54) is 17.8 Å². The second-order valence-electron chi connectivity index (χ2n) is 7.39. The Kier molecular flexibility index (Phi) is 5.59. The van der Waals surface area contributed by atoms with Crippen LogP contribution in [0.3, 0.4) is 0 Å². The van der Waals surface area contributed by atoms with Gasteiger partial charge < -0.3 is 9.80 Å². The van der Waals surface area contributed by atoms with Crippen LogP contribution < -0.4 is 4.90 Å². The Hall–Kier alpha value is -3.12. The lowest BCUT2D eigenvalue weighted by Gasteiger charge is -2.36. The fourth-order valence-corrected chi connectivity index (χ4v) is 4.32. The van der Waals surface area contributed by atoms with E-state index < -0.39 is 0 Å². The van der Waals surface area contributed by atoms with Gasteiger partial charge in [0.25, 0.3) is 11.6 Å². The Balaban J connectivity index is 1.55. The summed E-state index contributed by atoms with van der Waals surface area (Å²) in [5.74, 6) is 0.207. The number of amides is 1.